The van der Waals surface area contributed by atoms with Crippen LogP contribution in [0.4, 0.5) is 0 Å². The molecule has 1 aromatic rings. The Bertz CT molecular complexity index is 409. The zero-order valence-electron chi connectivity index (χ0n) is 12.5. The topological polar surface area (TPSA) is 39.7 Å². The first-order valence-electron chi connectivity index (χ1n) is 7.54. The molecule has 1 N–H and O–H groups in total. The van der Waals surface area contributed by atoms with E-state index in [1.54, 1.807) is 0 Å². The Kier molecular flexibility index (Phi) is 6.15. The van der Waals surface area contributed by atoms with E-state index in [0.717, 1.165) is 49.4 Å². The van der Waals surface area contributed by atoms with Crippen molar-refractivity contribution in [2.24, 2.45) is 0 Å². The lowest BCUT2D eigenvalue weighted by Gasteiger charge is -2.18. The quantitative estimate of drug-likeness (QED) is 0.705. The summed E-state index contributed by atoms with van der Waals surface area (Å²) in [6.07, 6.45) is 3.65. The van der Waals surface area contributed by atoms with E-state index in [0.29, 0.717) is 13.4 Å². The van der Waals surface area contributed by atoms with E-state index in [9.17, 15) is 0 Å². The molecule has 4 nitrogen and oxygen atoms in total. The van der Waals surface area contributed by atoms with Gasteiger partial charge in [0, 0.05) is 6.54 Å². The Morgan fingerprint density at radius 3 is 2.85 bits per heavy atom. The van der Waals surface area contributed by atoms with Gasteiger partial charge in [-0.2, -0.15) is 0 Å². The lowest BCUT2D eigenvalue weighted by atomic mass is 10.2. The number of ether oxygens (including phenoxy) is 3. The molecule has 1 aromatic carbocycles. The van der Waals surface area contributed by atoms with Gasteiger partial charge in [-0.15, -0.1) is 0 Å². The van der Waals surface area contributed by atoms with E-state index >= 15 is 0 Å². The molecule has 0 saturated heterocycles. The smallest absolute Gasteiger partial charge is 0.231 e. The molecule has 0 radical (unpaired) electrons. The molecule has 0 saturated carbocycles. The van der Waals surface area contributed by atoms with Gasteiger partial charge in [0.2, 0.25) is 6.79 Å². The Balaban J connectivity index is 1.81. The standard InChI is InChI=1S/C16H25NO3/c1-3-5-14(10-17-8-4-2)18-11-13-6-7-15-16(9-13)20-12-19-15/h6-7,9,14,17H,3-5,8,10-12H2,1-2H3. The first kappa shape index (κ1) is 15.1. The molecule has 112 valence electrons. The maximum absolute atomic E-state index is 6.02. The van der Waals surface area contributed by atoms with Crippen molar-refractivity contribution in [1.82, 2.24) is 5.32 Å². The van der Waals surface area contributed by atoms with Gasteiger partial charge in [0.05, 0.1) is 12.7 Å². The van der Waals surface area contributed by atoms with Gasteiger partial charge in [-0.1, -0.05) is 26.3 Å². The summed E-state index contributed by atoms with van der Waals surface area (Å²) < 4.78 is 16.7. The van der Waals surface area contributed by atoms with E-state index in [1.807, 2.05) is 18.2 Å². The third kappa shape index (κ3) is 4.39. The van der Waals surface area contributed by atoms with E-state index in [1.165, 1.54) is 0 Å². The maximum Gasteiger partial charge on any atom is 0.231 e. The van der Waals surface area contributed by atoms with Gasteiger partial charge >= 0.3 is 0 Å². The molecule has 0 fully saturated rings. The Hall–Kier alpha value is -1.26. The van der Waals surface area contributed by atoms with E-state index in [-0.39, 0.29) is 6.10 Å². The minimum Gasteiger partial charge on any atom is -0.454 e. The summed E-state index contributed by atoms with van der Waals surface area (Å²) in [5.41, 5.74) is 1.13. The lowest BCUT2D eigenvalue weighted by molar-refractivity contribution is 0.0349. The molecule has 0 bridgehead atoms. The van der Waals surface area contributed by atoms with Crippen LogP contribution in [0.5, 0.6) is 11.5 Å². The Labute approximate surface area is 121 Å². The molecule has 0 spiro atoms. The van der Waals surface area contributed by atoms with Crippen molar-refractivity contribution in [1.29, 1.82) is 0 Å². The fourth-order valence-electron chi connectivity index (χ4n) is 2.25. The first-order valence-corrected chi connectivity index (χ1v) is 7.54. The predicted octanol–water partition coefficient (Wildman–Crippen LogP) is 3.10. The van der Waals surface area contributed by atoms with Crippen LogP contribution < -0.4 is 14.8 Å². The third-order valence-corrected chi connectivity index (χ3v) is 3.33. The highest BCUT2D eigenvalue weighted by molar-refractivity contribution is 5.44. The van der Waals surface area contributed by atoms with Crippen LogP contribution in [0.15, 0.2) is 18.2 Å². The van der Waals surface area contributed by atoms with Crippen LogP contribution in [-0.2, 0) is 11.3 Å². The molecule has 2 rings (SSSR count). The molecule has 1 unspecified atom stereocenters. The summed E-state index contributed by atoms with van der Waals surface area (Å²) in [6, 6.07) is 5.99. The van der Waals surface area contributed by atoms with E-state index < -0.39 is 0 Å². The fraction of sp³-hybridized carbons (Fsp3) is 0.625. The molecule has 1 aliphatic heterocycles. The summed E-state index contributed by atoms with van der Waals surface area (Å²) in [7, 11) is 0. The van der Waals surface area contributed by atoms with Crippen LogP contribution in [0.3, 0.4) is 0 Å². The fourth-order valence-corrected chi connectivity index (χ4v) is 2.25. The largest absolute Gasteiger partial charge is 0.454 e. The minimum atomic E-state index is 0.275. The van der Waals surface area contributed by atoms with Gasteiger partial charge in [-0.05, 0) is 37.1 Å². The minimum absolute atomic E-state index is 0.275. The third-order valence-electron chi connectivity index (χ3n) is 3.33. The molecule has 1 atom stereocenters. The summed E-state index contributed by atoms with van der Waals surface area (Å²) >= 11 is 0. The highest BCUT2D eigenvalue weighted by atomic mass is 16.7. The molecule has 20 heavy (non-hydrogen) atoms. The molecular weight excluding hydrogens is 254 g/mol. The van der Waals surface area contributed by atoms with Crippen molar-refractivity contribution in [3.63, 3.8) is 0 Å². The lowest BCUT2D eigenvalue weighted by Crippen LogP contribution is -2.29. The SMILES string of the molecule is CCCNCC(CCC)OCc1ccc2c(c1)OCO2. The summed E-state index contributed by atoms with van der Waals surface area (Å²) in [5.74, 6) is 1.64. The second-order valence-corrected chi connectivity index (χ2v) is 5.11. The van der Waals surface area contributed by atoms with Gasteiger partial charge in [0.25, 0.3) is 0 Å². The van der Waals surface area contributed by atoms with E-state index in [2.05, 4.69) is 19.2 Å². The van der Waals surface area contributed by atoms with Gasteiger partial charge in [0.1, 0.15) is 0 Å². The average Bonchev–Trinajstić information content (AvgIpc) is 2.92. The average molecular weight is 279 g/mol. The van der Waals surface area contributed by atoms with Crippen molar-refractivity contribution in [3.8, 4) is 11.5 Å². The summed E-state index contributed by atoms with van der Waals surface area (Å²) in [5, 5.41) is 3.43. The monoisotopic (exact) mass is 279 g/mol. The number of hydrogen-bond acceptors (Lipinski definition) is 4. The number of benzene rings is 1. The Morgan fingerprint density at radius 2 is 2.05 bits per heavy atom. The van der Waals surface area contributed by atoms with Gasteiger partial charge in [-0.3, -0.25) is 0 Å². The molecule has 1 heterocycles. The molecule has 0 amide bonds. The number of fused-ring (bicyclic) bond motifs is 1. The molecule has 1 aliphatic rings. The van der Waals surface area contributed by atoms with Crippen LogP contribution in [0, 0.1) is 0 Å². The zero-order valence-corrected chi connectivity index (χ0v) is 12.5. The highest BCUT2D eigenvalue weighted by Crippen LogP contribution is 2.32. The molecule has 4 heteroatoms. The summed E-state index contributed by atoms with van der Waals surface area (Å²) in [4.78, 5) is 0. The molecular formula is C16H25NO3. The van der Waals surface area contributed by atoms with Crippen LogP contribution in [0.25, 0.3) is 0 Å². The van der Waals surface area contributed by atoms with Crippen LogP contribution in [0.2, 0.25) is 0 Å². The maximum atomic E-state index is 6.02. The van der Waals surface area contributed by atoms with Crippen molar-refractivity contribution in [2.45, 2.75) is 45.8 Å². The number of hydrogen-bond donors (Lipinski definition) is 1. The Morgan fingerprint density at radius 1 is 1.20 bits per heavy atom. The van der Waals surface area contributed by atoms with Crippen LogP contribution in [-0.4, -0.2) is 26.0 Å². The predicted molar refractivity (Wildman–Crippen MR) is 79.2 cm³/mol. The van der Waals surface area contributed by atoms with Crippen molar-refractivity contribution >= 4 is 0 Å². The zero-order chi connectivity index (χ0) is 14.2. The number of nitrogens with one attached hydrogen (secondary N) is 1. The molecule has 0 aliphatic carbocycles. The normalized spacial score (nSPS) is 14.5. The highest BCUT2D eigenvalue weighted by Gasteiger charge is 2.14. The van der Waals surface area contributed by atoms with Gasteiger partial charge in [0.15, 0.2) is 11.5 Å². The van der Waals surface area contributed by atoms with Crippen molar-refractivity contribution in [3.05, 3.63) is 23.8 Å². The van der Waals surface area contributed by atoms with Crippen molar-refractivity contribution in [2.75, 3.05) is 19.9 Å². The van der Waals surface area contributed by atoms with Crippen molar-refractivity contribution < 1.29 is 14.2 Å². The van der Waals surface area contributed by atoms with Crippen LogP contribution in [0.1, 0.15) is 38.7 Å². The van der Waals surface area contributed by atoms with Gasteiger partial charge < -0.3 is 19.5 Å². The summed E-state index contributed by atoms with van der Waals surface area (Å²) in [6.45, 7) is 7.28. The van der Waals surface area contributed by atoms with Crippen LogP contribution >= 0.6 is 0 Å². The molecule has 0 aromatic heterocycles. The first-order chi connectivity index (χ1) is 9.83. The van der Waals surface area contributed by atoms with Gasteiger partial charge in [-0.25, -0.2) is 0 Å². The van der Waals surface area contributed by atoms with E-state index in [4.69, 9.17) is 14.2 Å². The second kappa shape index (κ2) is 8.12. The second-order valence-electron chi connectivity index (χ2n) is 5.11. The number of rotatable bonds is 9.